The summed E-state index contributed by atoms with van der Waals surface area (Å²) in [7, 11) is 6.76. The van der Waals surface area contributed by atoms with Gasteiger partial charge in [0, 0.05) is 73.9 Å². The summed E-state index contributed by atoms with van der Waals surface area (Å²) in [4.78, 5) is 0. The first kappa shape index (κ1) is 37.2. The molecule has 11 heteroatoms. The predicted molar refractivity (Wildman–Crippen MR) is 198 cm³/mol. The van der Waals surface area contributed by atoms with Crippen molar-refractivity contribution >= 4 is 0 Å². The highest BCUT2D eigenvalue weighted by molar-refractivity contribution is 5.70. The summed E-state index contributed by atoms with van der Waals surface area (Å²) in [5.41, 5.74) is 5.29. The largest absolute Gasteiger partial charge is 0.508 e. The van der Waals surface area contributed by atoms with Gasteiger partial charge in [0.05, 0.1) is 33.0 Å². The second-order valence-electron chi connectivity index (χ2n) is 13.5. The number of hydrogen-bond acceptors (Lipinski definition) is 11. The van der Waals surface area contributed by atoms with Crippen molar-refractivity contribution in [2.45, 2.75) is 44.1 Å². The molecule has 0 saturated heterocycles. The van der Waals surface area contributed by atoms with E-state index in [1.807, 2.05) is 37.4 Å². The Balaban J connectivity index is 1.34. The van der Waals surface area contributed by atoms with E-state index in [2.05, 4.69) is 10.6 Å². The molecule has 5 unspecified atom stereocenters. The van der Waals surface area contributed by atoms with Crippen LogP contribution in [0.15, 0.2) is 66.7 Å². The standard InChI is InChI=1S/C41H50N2O9/c1-42-12-13-43-22-27-19-37-32(21-36(27)50-4)40(47)38(35(52-37)9-6-14-48-2)34-23-51-41-26(18-30(49-3)20-33(41)39(34)46)15-25-17-29(45)10-11-31(25)24-7-5-8-28(44)16-24/h5,7-8,10-11,16-21,34-35,38-40,42-47H,6,9,12-15,22-23H2,1-4H3. The van der Waals surface area contributed by atoms with Crippen molar-refractivity contribution in [1.82, 2.24) is 10.6 Å². The van der Waals surface area contributed by atoms with Crippen LogP contribution in [0, 0.1) is 11.8 Å². The summed E-state index contributed by atoms with van der Waals surface area (Å²) < 4.78 is 30.1. The molecule has 0 amide bonds. The average molecular weight is 715 g/mol. The minimum Gasteiger partial charge on any atom is -0.508 e. The molecule has 11 nitrogen and oxygen atoms in total. The highest BCUT2D eigenvalue weighted by atomic mass is 16.5. The van der Waals surface area contributed by atoms with Gasteiger partial charge < -0.3 is 54.7 Å². The van der Waals surface area contributed by atoms with Crippen LogP contribution in [0.25, 0.3) is 11.1 Å². The lowest BCUT2D eigenvalue weighted by Gasteiger charge is -2.45. The molecular formula is C41H50N2O9. The van der Waals surface area contributed by atoms with Gasteiger partial charge in [-0.1, -0.05) is 18.2 Å². The maximum absolute atomic E-state index is 12.2. The smallest absolute Gasteiger partial charge is 0.128 e. The van der Waals surface area contributed by atoms with Crippen LogP contribution in [-0.2, 0) is 17.7 Å². The number of methoxy groups -OCH3 is 3. The predicted octanol–water partition coefficient (Wildman–Crippen LogP) is 5.26. The molecule has 4 aromatic carbocycles. The lowest BCUT2D eigenvalue weighted by Crippen LogP contribution is -2.46. The normalized spacial score (nSPS) is 20.7. The number of nitrogens with one attached hydrogen (secondary N) is 2. The lowest BCUT2D eigenvalue weighted by atomic mass is 9.72. The molecule has 0 radical (unpaired) electrons. The van der Waals surface area contributed by atoms with Gasteiger partial charge in [0.25, 0.3) is 0 Å². The van der Waals surface area contributed by atoms with E-state index in [9.17, 15) is 20.4 Å². The molecule has 0 bridgehead atoms. The first-order chi connectivity index (χ1) is 25.3. The molecule has 0 fully saturated rings. The molecule has 6 N–H and O–H groups in total. The number of phenols is 2. The Bertz CT molecular complexity index is 1830. The third kappa shape index (κ3) is 7.94. The highest BCUT2D eigenvalue weighted by Crippen LogP contribution is 2.51. The van der Waals surface area contributed by atoms with Gasteiger partial charge in [0.15, 0.2) is 0 Å². The minimum atomic E-state index is -1.01. The second-order valence-corrected chi connectivity index (χ2v) is 13.5. The zero-order chi connectivity index (χ0) is 36.8. The van der Waals surface area contributed by atoms with Crippen molar-refractivity contribution < 1.29 is 44.1 Å². The quantitative estimate of drug-likeness (QED) is 0.0896. The molecule has 0 saturated carbocycles. The molecule has 4 aromatic rings. The Morgan fingerprint density at radius 2 is 1.65 bits per heavy atom. The second kappa shape index (κ2) is 16.9. The van der Waals surface area contributed by atoms with E-state index in [0.29, 0.717) is 66.5 Å². The fourth-order valence-corrected chi connectivity index (χ4v) is 7.60. The molecule has 52 heavy (non-hydrogen) atoms. The molecular weight excluding hydrogens is 664 g/mol. The van der Waals surface area contributed by atoms with Crippen LogP contribution in [0.4, 0.5) is 0 Å². The Hall–Kier alpha value is -4.52. The third-order valence-electron chi connectivity index (χ3n) is 10.2. The van der Waals surface area contributed by atoms with Crippen molar-refractivity contribution in [3.05, 3.63) is 94.5 Å². The maximum Gasteiger partial charge on any atom is 0.128 e. The molecule has 2 aliphatic heterocycles. The van der Waals surface area contributed by atoms with Crippen molar-refractivity contribution in [1.29, 1.82) is 0 Å². The molecule has 0 aromatic heterocycles. The SMILES string of the molecule is CNCCNCc1cc2c(cc1OC)C(O)C(C1COc3c(Cc4cc(O)ccc4-c4cccc(O)c4)cc(OC)cc3C1O)C(CCCOC)O2. The molecule has 0 spiro atoms. The number of phenolic OH excluding ortho intramolecular Hbond substituents is 2. The number of aliphatic hydroxyl groups is 2. The van der Waals surface area contributed by atoms with E-state index in [1.54, 1.807) is 57.7 Å². The number of aliphatic hydroxyl groups excluding tert-OH is 2. The highest BCUT2D eigenvalue weighted by Gasteiger charge is 2.47. The van der Waals surface area contributed by atoms with Crippen LogP contribution in [0.2, 0.25) is 0 Å². The van der Waals surface area contributed by atoms with E-state index in [1.165, 1.54) is 0 Å². The van der Waals surface area contributed by atoms with E-state index in [-0.39, 0.29) is 18.1 Å². The Kier molecular flexibility index (Phi) is 12.1. The van der Waals surface area contributed by atoms with Gasteiger partial charge in [-0.15, -0.1) is 0 Å². The summed E-state index contributed by atoms with van der Waals surface area (Å²) in [5, 5.41) is 51.5. The van der Waals surface area contributed by atoms with Crippen molar-refractivity contribution in [2.75, 3.05) is 54.7 Å². The van der Waals surface area contributed by atoms with E-state index >= 15 is 0 Å². The van der Waals surface area contributed by atoms with Crippen LogP contribution >= 0.6 is 0 Å². The summed E-state index contributed by atoms with van der Waals surface area (Å²) in [6.45, 7) is 2.85. The summed E-state index contributed by atoms with van der Waals surface area (Å²) in [6, 6.07) is 19.6. The molecule has 2 heterocycles. The minimum absolute atomic E-state index is 0.108. The fourth-order valence-electron chi connectivity index (χ4n) is 7.60. The number of hydrogen-bond donors (Lipinski definition) is 6. The van der Waals surface area contributed by atoms with Gasteiger partial charge >= 0.3 is 0 Å². The number of rotatable bonds is 15. The summed E-state index contributed by atoms with van der Waals surface area (Å²) in [6.07, 6.45) is -0.750. The Morgan fingerprint density at radius 3 is 2.40 bits per heavy atom. The van der Waals surface area contributed by atoms with Crippen LogP contribution in [0.1, 0.15) is 52.9 Å². The average Bonchev–Trinajstić information content (AvgIpc) is 3.14. The summed E-state index contributed by atoms with van der Waals surface area (Å²) >= 11 is 0. The topological polar surface area (TPSA) is 151 Å². The Labute approximate surface area is 305 Å². The lowest BCUT2D eigenvalue weighted by molar-refractivity contribution is -0.0889. The summed E-state index contributed by atoms with van der Waals surface area (Å²) in [5.74, 6) is 1.52. The van der Waals surface area contributed by atoms with E-state index < -0.39 is 30.1 Å². The van der Waals surface area contributed by atoms with Crippen LogP contribution in [-0.4, -0.2) is 81.2 Å². The number of ether oxygens (including phenoxy) is 5. The number of fused-ring (bicyclic) bond motifs is 2. The van der Waals surface area contributed by atoms with Gasteiger partial charge in [0.1, 0.15) is 40.6 Å². The van der Waals surface area contributed by atoms with Crippen molar-refractivity contribution in [3.8, 4) is 45.6 Å². The maximum atomic E-state index is 12.2. The third-order valence-corrected chi connectivity index (χ3v) is 10.2. The molecule has 2 aliphatic rings. The van der Waals surface area contributed by atoms with Crippen molar-refractivity contribution in [3.63, 3.8) is 0 Å². The van der Waals surface area contributed by atoms with Gasteiger partial charge in [-0.05, 0) is 85.1 Å². The molecule has 0 aliphatic carbocycles. The fraction of sp³-hybridized carbons (Fsp3) is 0.415. The van der Waals surface area contributed by atoms with Gasteiger partial charge in [0.2, 0.25) is 0 Å². The Morgan fingerprint density at radius 1 is 0.827 bits per heavy atom. The molecule has 6 rings (SSSR count). The zero-order valence-corrected chi connectivity index (χ0v) is 30.2. The molecule has 278 valence electrons. The van der Waals surface area contributed by atoms with Crippen molar-refractivity contribution in [2.24, 2.45) is 11.8 Å². The van der Waals surface area contributed by atoms with Crippen LogP contribution in [0.3, 0.4) is 0 Å². The molecule has 5 atom stereocenters. The van der Waals surface area contributed by atoms with Gasteiger partial charge in [-0.3, -0.25) is 0 Å². The van der Waals surface area contributed by atoms with E-state index in [0.717, 1.165) is 40.9 Å². The van der Waals surface area contributed by atoms with Gasteiger partial charge in [-0.2, -0.15) is 0 Å². The zero-order valence-electron chi connectivity index (χ0n) is 30.2. The first-order valence-electron chi connectivity index (χ1n) is 17.8. The monoisotopic (exact) mass is 714 g/mol. The first-order valence-corrected chi connectivity index (χ1v) is 17.8. The number of benzene rings is 4. The number of likely N-dealkylation sites (N-methyl/N-ethyl adjacent to an activating group) is 1. The van der Waals surface area contributed by atoms with E-state index in [4.69, 9.17) is 23.7 Å². The van der Waals surface area contributed by atoms with Crippen LogP contribution < -0.4 is 29.6 Å². The van der Waals surface area contributed by atoms with Gasteiger partial charge in [-0.25, -0.2) is 0 Å². The van der Waals surface area contributed by atoms with Crippen LogP contribution in [0.5, 0.6) is 34.5 Å². The number of aromatic hydroxyl groups is 2.